The molecule has 0 spiro atoms. The molecule has 0 unspecified atom stereocenters. The molecule has 1 aromatic heterocycles. The van der Waals surface area contributed by atoms with Gasteiger partial charge in [-0.25, -0.2) is 0 Å². The highest BCUT2D eigenvalue weighted by atomic mass is 19.4. The Morgan fingerprint density at radius 1 is 0.886 bits per heavy atom. The molecule has 1 saturated carbocycles. The van der Waals surface area contributed by atoms with Crippen molar-refractivity contribution in [2.24, 2.45) is 0 Å². The topological polar surface area (TPSA) is 108 Å². The van der Waals surface area contributed by atoms with Crippen molar-refractivity contribution in [2.45, 2.75) is 56.7 Å². The van der Waals surface area contributed by atoms with Gasteiger partial charge in [0.05, 0.1) is 24.3 Å². The highest BCUT2D eigenvalue weighted by molar-refractivity contribution is 5.98. The number of nitrogens with zero attached hydrogens (tertiary/aromatic N) is 2. The highest BCUT2D eigenvalue weighted by Gasteiger charge is 2.31. The normalized spacial score (nSPS) is 14.5. The summed E-state index contributed by atoms with van der Waals surface area (Å²) < 4.78 is 40.8. The van der Waals surface area contributed by atoms with Gasteiger partial charge in [-0.3, -0.25) is 14.3 Å². The minimum atomic E-state index is -4.45. The number of benzene rings is 3. The van der Waals surface area contributed by atoms with Crippen molar-refractivity contribution in [3.05, 3.63) is 125 Å². The smallest absolute Gasteiger partial charge is 0.390 e. The Labute approximate surface area is 253 Å². The fourth-order valence-electron chi connectivity index (χ4n) is 4.83. The maximum atomic E-state index is 13.5. The third kappa shape index (κ3) is 8.55. The number of amides is 2. The van der Waals surface area contributed by atoms with Gasteiger partial charge in [0.25, 0.3) is 11.8 Å². The van der Waals surface area contributed by atoms with Crippen molar-refractivity contribution in [1.29, 1.82) is 0 Å². The van der Waals surface area contributed by atoms with Crippen LogP contribution in [0, 0.1) is 0 Å². The molecule has 2 atom stereocenters. The molecule has 44 heavy (non-hydrogen) atoms. The third-order valence-electron chi connectivity index (χ3n) is 7.35. The summed E-state index contributed by atoms with van der Waals surface area (Å²) in [6.07, 6.45) is -3.43. The number of halogens is 3. The number of nitrogens with one attached hydrogen (secondary N) is 3. The molecule has 0 bridgehead atoms. The van der Waals surface area contributed by atoms with Crippen molar-refractivity contribution in [1.82, 2.24) is 25.7 Å². The van der Waals surface area contributed by atoms with Gasteiger partial charge in [-0.05, 0) is 42.0 Å². The molecular weight excluding hydrogens is 571 g/mol. The maximum absolute atomic E-state index is 13.5. The first-order valence-corrected chi connectivity index (χ1v) is 14.5. The molecule has 11 heteroatoms. The standard InChI is InChI=1S/C33H34F3N5O3/c34-33(35,36)25-13-7-12-24(16-25)19-37-20-30(42)27(17-22-8-3-1-4-9-22)39-31(43)28-18-29(32(44)38-26-14-15-26)41(40-28)21-23-10-5-2-6-11-23/h1-13,16,18,26-27,30,37,42H,14-15,17,19-21H2,(H,38,44)(H,39,43)/t27-,30+/m0/s1. The van der Waals surface area contributed by atoms with Gasteiger partial charge >= 0.3 is 6.18 Å². The number of carbonyl (C=O) groups excluding carboxylic acids is 2. The second-order valence-corrected chi connectivity index (χ2v) is 11.0. The summed E-state index contributed by atoms with van der Waals surface area (Å²) in [6.45, 7) is 0.388. The van der Waals surface area contributed by atoms with Crippen LogP contribution in [-0.2, 0) is 25.7 Å². The highest BCUT2D eigenvalue weighted by Crippen LogP contribution is 2.29. The van der Waals surface area contributed by atoms with Crippen molar-refractivity contribution in [3.63, 3.8) is 0 Å². The van der Waals surface area contributed by atoms with Crippen molar-refractivity contribution in [3.8, 4) is 0 Å². The summed E-state index contributed by atoms with van der Waals surface area (Å²) in [7, 11) is 0. The predicted octanol–water partition coefficient (Wildman–Crippen LogP) is 4.33. The zero-order valence-electron chi connectivity index (χ0n) is 23.9. The summed E-state index contributed by atoms with van der Waals surface area (Å²) in [5.74, 6) is -0.871. The van der Waals surface area contributed by atoms with Crippen LogP contribution in [0.3, 0.4) is 0 Å². The van der Waals surface area contributed by atoms with Crippen LogP contribution >= 0.6 is 0 Å². The Bertz CT molecular complexity index is 1560. The van der Waals surface area contributed by atoms with E-state index in [9.17, 15) is 27.9 Å². The Hall–Kier alpha value is -4.48. The molecule has 3 aromatic carbocycles. The number of aliphatic hydroxyl groups excluding tert-OH is 1. The predicted molar refractivity (Wildman–Crippen MR) is 159 cm³/mol. The largest absolute Gasteiger partial charge is 0.416 e. The first-order valence-electron chi connectivity index (χ1n) is 14.5. The van der Waals surface area contributed by atoms with E-state index in [0.29, 0.717) is 12.0 Å². The van der Waals surface area contributed by atoms with E-state index in [1.54, 1.807) is 6.07 Å². The van der Waals surface area contributed by atoms with Gasteiger partial charge in [-0.2, -0.15) is 18.3 Å². The summed E-state index contributed by atoms with van der Waals surface area (Å²) >= 11 is 0. The molecule has 1 aliphatic carbocycles. The molecule has 4 aromatic rings. The quantitative estimate of drug-likeness (QED) is 0.182. The lowest BCUT2D eigenvalue weighted by Gasteiger charge is -2.24. The van der Waals surface area contributed by atoms with Crippen molar-refractivity contribution in [2.75, 3.05) is 6.54 Å². The molecule has 5 rings (SSSR count). The molecule has 4 N–H and O–H groups in total. The monoisotopic (exact) mass is 605 g/mol. The fraction of sp³-hybridized carbons (Fsp3) is 0.303. The van der Waals surface area contributed by atoms with E-state index in [0.717, 1.165) is 36.1 Å². The zero-order valence-corrected chi connectivity index (χ0v) is 23.9. The van der Waals surface area contributed by atoms with E-state index in [4.69, 9.17) is 0 Å². The van der Waals surface area contributed by atoms with Gasteiger partial charge in [-0.1, -0.05) is 78.9 Å². The van der Waals surface area contributed by atoms with Crippen molar-refractivity contribution >= 4 is 11.8 Å². The molecular formula is C33H34F3N5O3. The number of aliphatic hydroxyl groups is 1. The number of alkyl halides is 3. The average molecular weight is 606 g/mol. The van der Waals surface area contributed by atoms with Crippen LogP contribution in [0.5, 0.6) is 0 Å². The van der Waals surface area contributed by atoms with Gasteiger partial charge in [0.1, 0.15) is 5.69 Å². The van der Waals surface area contributed by atoms with Gasteiger partial charge in [0, 0.05) is 25.2 Å². The zero-order chi connectivity index (χ0) is 31.1. The summed E-state index contributed by atoms with van der Waals surface area (Å²) in [5, 5.41) is 24.4. The third-order valence-corrected chi connectivity index (χ3v) is 7.35. The van der Waals surface area contributed by atoms with Gasteiger partial charge in [0.2, 0.25) is 0 Å². The molecule has 0 aliphatic heterocycles. The first-order chi connectivity index (χ1) is 21.2. The summed E-state index contributed by atoms with van der Waals surface area (Å²) in [6, 6.07) is 24.5. The number of rotatable bonds is 13. The molecule has 1 heterocycles. The second-order valence-electron chi connectivity index (χ2n) is 11.0. The van der Waals surface area contributed by atoms with Crippen LogP contribution in [0.4, 0.5) is 13.2 Å². The molecule has 0 saturated heterocycles. The molecule has 8 nitrogen and oxygen atoms in total. The van der Waals surface area contributed by atoms with E-state index in [-0.39, 0.29) is 43.0 Å². The molecule has 0 radical (unpaired) electrons. The van der Waals surface area contributed by atoms with Gasteiger partial charge in [-0.15, -0.1) is 0 Å². The van der Waals surface area contributed by atoms with E-state index >= 15 is 0 Å². The molecule has 1 fully saturated rings. The summed E-state index contributed by atoms with van der Waals surface area (Å²) in [4.78, 5) is 26.5. The SMILES string of the molecule is O=C(N[C@@H](Cc1ccccc1)[C@H](O)CNCc1cccc(C(F)(F)F)c1)c1cc(C(=O)NC2CC2)n(Cc2ccccc2)n1. The maximum Gasteiger partial charge on any atom is 0.416 e. The Morgan fingerprint density at radius 3 is 2.20 bits per heavy atom. The minimum absolute atomic E-state index is 0.00547. The van der Waals surface area contributed by atoms with Crippen LogP contribution in [0.1, 0.15) is 56.1 Å². The lowest BCUT2D eigenvalue weighted by Crippen LogP contribution is -2.48. The molecule has 2 amide bonds. The number of hydrogen-bond donors (Lipinski definition) is 4. The lowest BCUT2D eigenvalue weighted by molar-refractivity contribution is -0.137. The minimum Gasteiger partial charge on any atom is -0.390 e. The van der Waals surface area contributed by atoms with Crippen LogP contribution < -0.4 is 16.0 Å². The Morgan fingerprint density at radius 2 is 1.55 bits per heavy atom. The van der Waals surface area contributed by atoms with Crippen LogP contribution in [0.2, 0.25) is 0 Å². The van der Waals surface area contributed by atoms with Gasteiger partial charge < -0.3 is 21.1 Å². The second kappa shape index (κ2) is 13.9. The first kappa shape index (κ1) is 31.0. The molecule has 1 aliphatic rings. The van der Waals surface area contributed by atoms with Crippen LogP contribution in [0.15, 0.2) is 91.0 Å². The van der Waals surface area contributed by atoms with E-state index in [1.165, 1.54) is 16.8 Å². The molecule has 230 valence electrons. The van der Waals surface area contributed by atoms with Gasteiger partial charge in [0.15, 0.2) is 5.69 Å². The number of hydrogen-bond acceptors (Lipinski definition) is 5. The van der Waals surface area contributed by atoms with E-state index in [2.05, 4.69) is 21.0 Å². The van der Waals surface area contributed by atoms with E-state index in [1.807, 2.05) is 60.7 Å². The average Bonchev–Trinajstić information content (AvgIpc) is 3.73. The number of carbonyl (C=O) groups is 2. The van der Waals surface area contributed by atoms with Crippen LogP contribution in [0.25, 0.3) is 0 Å². The number of aromatic nitrogens is 2. The van der Waals surface area contributed by atoms with Crippen molar-refractivity contribution < 1.29 is 27.9 Å². The Kier molecular flexibility index (Phi) is 9.76. The lowest BCUT2D eigenvalue weighted by atomic mass is 10.0. The Balaban J connectivity index is 1.30. The van der Waals surface area contributed by atoms with Crippen LogP contribution in [-0.4, -0.2) is 51.4 Å². The fourth-order valence-corrected chi connectivity index (χ4v) is 4.83. The summed E-state index contributed by atoms with van der Waals surface area (Å²) in [5.41, 5.74) is 1.74. The van der Waals surface area contributed by atoms with E-state index < -0.39 is 29.8 Å².